The molecule has 0 aromatic heterocycles. The predicted octanol–water partition coefficient (Wildman–Crippen LogP) is 3.39. The van der Waals surface area contributed by atoms with Crippen molar-refractivity contribution in [3.05, 3.63) is 108 Å². The van der Waals surface area contributed by atoms with Crippen LogP contribution in [0.25, 0.3) is 0 Å². The van der Waals surface area contributed by atoms with Gasteiger partial charge in [-0.25, -0.2) is 0 Å². The van der Waals surface area contributed by atoms with E-state index in [-0.39, 0.29) is 12.6 Å². The first-order valence-electron chi connectivity index (χ1n) is 11.1. The number of aliphatic hydroxyl groups excluding tert-OH is 2. The molecule has 168 valence electrons. The summed E-state index contributed by atoms with van der Waals surface area (Å²) in [4.78, 5) is 2.10. The third-order valence-corrected chi connectivity index (χ3v) is 5.96. The number of ether oxygens (including phenoxy) is 2. The fourth-order valence-electron chi connectivity index (χ4n) is 4.29. The van der Waals surface area contributed by atoms with Crippen LogP contribution in [0.5, 0.6) is 0 Å². The highest BCUT2D eigenvalue weighted by atomic mass is 16.6. The van der Waals surface area contributed by atoms with E-state index >= 15 is 0 Å². The summed E-state index contributed by atoms with van der Waals surface area (Å²) < 4.78 is 12.5. The molecule has 1 fully saturated rings. The average Bonchev–Trinajstić information content (AvgIpc) is 2.84. The third-order valence-electron chi connectivity index (χ3n) is 5.96. The molecule has 2 N–H and O–H groups in total. The molecule has 1 aliphatic rings. The summed E-state index contributed by atoms with van der Waals surface area (Å²) >= 11 is 0. The Morgan fingerprint density at radius 2 is 1.16 bits per heavy atom. The molecule has 0 amide bonds. The van der Waals surface area contributed by atoms with Crippen molar-refractivity contribution in [3.8, 4) is 0 Å². The van der Waals surface area contributed by atoms with Crippen molar-refractivity contribution in [2.45, 2.75) is 44.1 Å². The maximum atomic E-state index is 11.0. The molecule has 0 bridgehead atoms. The van der Waals surface area contributed by atoms with Crippen molar-refractivity contribution in [1.29, 1.82) is 0 Å². The molecule has 0 spiro atoms. The van der Waals surface area contributed by atoms with E-state index in [1.54, 1.807) is 0 Å². The van der Waals surface area contributed by atoms with E-state index in [0.29, 0.717) is 26.3 Å². The molecule has 4 rings (SSSR count). The maximum absolute atomic E-state index is 11.0. The van der Waals surface area contributed by atoms with E-state index in [2.05, 4.69) is 17.0 Å². The second-order valence-electron chi connectivity index (χ2n) is 8.25. The zero-order chi connectivity index (χ0) is 22.2. The first-order chi connectivity index (χ1) is 15.7. The Morgan fingerprint density at radius 3 is 1.66 bits per heavy atom. The fraction of sp³-hybridized carbons (Fsp3) is 0.333. The number of piperidine rings is 1. The van der Waals surface area contributed by atoms with Crippen LogP contribution >= 0.6 is 0 Å². The normalized spacial score (nSPS) is 23.8. The molecule has 5 heteroatoms. The number of nitrogens with zero attached hydrogens (tertiary/aromatic N) is 1. The molecular weight excluding hydrogens is 402 g/mol. The highest BCUT2D eigenvalue weighted by Crippen LogP contribution is 2.27. The Hall–Kier alpha value is -2.54. The van der Waals surface area contributed by atoms with Crippen molar-refractivity contribution in [2.24, 2.45) is 0 Å². The van der Waals surface area contributed by atoms with E-state index in [9.17, 15) is 10.2 Å². The largest absolute Gasteiger partial charge is 0.395 e. The van der Waals surface area contributed by atoms with Gasteiger partial charge in [0, 0.05) is 13.1 Å². The van der Waals surface area contributed by atoms with Crippen LogP contribution in [0.2, 0.25) is 0 Å². The molecule has 32 heavy (non-hydrogen) atoms. The van der Waals surface area contributed by atoms with Crippen LogP contribution in [-0.4, -0.2) is 52.6 Å². The number of hydrogen-bond donors (Lipinski definition) is 2. The molecular formula is C27H31NO4. The van der Waals surface area contributed by atoms with Crippen LogP contribution in [0.4, 0.5) is 0 Å². The lowest BCUT2D eigenvalue weighted by Gasteiger charge is -2.46. The van der Waals surface area contributed by atoms with Crippen LogP contribution in [-0.2, 0) is 29.2 Å². The van der Waals surface area contributed by atoms with Crippen molar-refractivity contribution < 1.29 is 19.7 Å². The SMILES string of the molecule is OC[C@H]1[C@H](OCc2ccccc2)[C@@H](OCc2ccccc2)[C@H](O)CN1Cc1ccccc1. The molecule has 4 atom stereocenters. The summed E-state index contributed by atoms with van der Waals surface area (Å²) in [6.07, 6.45) is -1.74. The lowest BCUT2D eigenvalue weighted by atomic mass is 9.93. The van der Waals surface area contributed by atoms with Gasteiger partial charge in [-0.2, -0.15) is 0 Å². The first-order valence-corrected chi connectivity index (χ1v) is 11.1. The van der Waals surface area contributed by atoms with Gasteiger partial charge in [0.2, 0.25) is 0 Å². The molecule has 1 aliphatic heterocycles. The average molecular weight is 434 g/mol. The van der Waals surface area contributed by atoms with Gasteiger partial charge in [-0.1, -0.05) is 91.0 Å². The lowest BCUT2D eigenvalue weighted by molar-refractivity contribution is -0.194. The summed E-state index contributed by atoms with van der Waals surface area (Å²) in [6.45, 7) is 1.72. The molecule has 0 saturated carbocycles. The van der Waals surface area contributed by atoms with Crippen molar-refractivity contribution in [3.63, 3.8) is 0 Å². The number of hydrogen-bond acceptors (Lipinski definition) is 5. The van der Waals surface area contributed by atoms with Gasteiger partial charge >= 0.3 is 0 Å². The number of β-amino-alcohol motifs (C(OH)–C–C–N with tert-alkyl or cyclic N) is 1. The summed E-state index contributed by atoms with van der Waals surface area (Å²) in [5.74, 6) is 0. The van der Waals surface area contributed by atoms with Gasteiger partial charge < -0.3 is 19.7 Å². The van der Waals surface area contributed by atoms with Gasteiger partial charge in [-0.3, -0.25) is 4.90 Å². The molecule has 3 aromatic rings. The summed E-state index contributed by atoms with van der Waals surface area (Å²) in [6, 6.07) is 29.6. The Labute approximate surface area is 189 Å². The molecule has 0 aliphatic carbocycles. The summed E-state index contributed by atoms with van der Waals surface area (Å²) in [7, 11) is 0. The topological polar surface area (TPSA) is 62.2 Å². The Balaban J connectivity index is 1.53. The maximum Gasteiger partial charge on any atom is 0.113 e. The fourth-order valence-corrected chi connectivity index (χ4v) is 4.29. The summed E-state index contributed by atoms with van der Waals surface area (Å²) in [5, 5.41) is 21.4. The van der Waals surface area contributed by atoms with Gasteiger partial charge in [-0.05, 0) is 16.7 Å². The molecule has 1 heterocycles. The number of benzene rings is 3. The van der Waals surface area contributed by atoms with E-state index in [1.807, 2.05) is 78.9 Å². The minimum atomic E-state index is -0.731. The van der Waals surface area contributed by atoms with Crippen LogP contribution in [0.15, 0.2) is 91.0 Å². The third kappa shape index (κ3) is 5.82. The van der Waals surface area contributed by atoms with Crippen molar-refractivity contribution in [2.75, 3.05) is 13.2 Å². The number of aliphatic hydroxyl groups is 2. The van der Waals surface area contributed by atoms with E-state index < -0.39 is 18.3 Å². The van der Waals surface area contributed by atoms with Crippen molar-refractivity contribution >= 4 is 0 Å². The highest BCUT2D eigenvalue weighted by molar-refractivity contribution is 5.17. The summed E-state index contributed by atoms with van der Waals surface area (Å²) in [5.41, 5.74) is 3.21. The van der Waals surface area contributed by atoms with Crippen LogP contribution < -0.4 is 0 Å². The Morgan fingerprint density at radius 1 is 0.688 bits per heavy atom. The quantitative estimate of drug-likeness (QED) is 0.542. The second kappa shape index (κ2) is 11.4. The molecule has 0 radical (unpaired) electrons. The van der Waals surface area contributed by atoms with Gasteiger partial charge in [0.25, 0.3) is 0 Å². The van der Waals surface area contributed by atoms with Crippen LogP contribution in [0.3, 0.4) is 0 Å². The zero-order valence-corrected chi connectivity index (χ0v) is 18.2. The monoisotopic (exact) mass is 433 g/mol. The van der Waals surface area contributed by atoms with Gasteiger partial charge in [0.15, 0.2) is 0 Å². The Kier molecular flexibility index (Phi) is 8.04. The highest BCUT2D eigenvalue weighted by Gasteiger charge is 2.44. The van der Waals surface area contributed by atoms with E-state index in [0.717, 1.165) is 16.7 Å². The lowest BCUT2D eigenvalue weighted by Crippen LogP contribution is -2.63. The predicted molar refractivity (Wildman–Crippen MR) is 124 cm³/mol. The van der Waals surface area contributed by atoms with Crippen molar-refractivity contribution in [1.82, 2.24) is 4.90 Å². The van der Waals surface area contributed by atoms with Gasteiger partial charge in [0.1, 0.15) is 12.2 Å². The molecule has 3 aromatic carbocycles. The zero-order valence-electron chi connectivity index (χ0n) is 18.2. The number of likely N-dealkylation sites (tertiary alicyclic amines) is 1. The van der Waals surface area contributed by atoms with Crippen LogP contribution in [0.1, 0.15) is 16.7 Å². The minimum Gasteiger partial charge on any atom is -0.395 e. The number of rotatable bonds is 9. The van der Waals surface area contributed by atoms with Gasteiger partial charge in [-0.15, -0.1) is 0 Å². The standard InChI is InChI=1S/C27H31NO4/c29-18-24-26(31-19-22-12-6-2-7-13-22)27(32-20-23-14-8-3-9-15-23)25(30)17-28(24)16-21-10-4-1-5-11-21/h1-15,24-27,29-30H,16-20H2/t24-,25+,26-,27-/m0/s1. The molecule has 0 unspecified atom stereocenters. The van der Waals surface area contributed by atoms with Gasteiger partial charge in [0.05, 0.1) is 32.0 Å². The smallest absolute Gasteiger partial charge is 0.113 e. The van der Waals surface area contributed by atoms with E-state index in [1.165, 1.54) is 0 Å². The van der Waals surface area contributed by atoms with Crippen LogP contribution in [0, 0.1) is 0 Å². The molecule has 1 saturated heterocycles. The minimum absolute atomic E-state index is 0.0792. The second-order valence-corrected chi connectivity index (χ2v) is 8.25. The van der Waals surface area contributed by atoms with E-state index in [4.69, 9.17) is 9.47 Å². The Bertz CT molecular complexity index is 920. The first kappa shape index (κ1) is 22.6. The molecule has 5 nitrogen and oxygen atoms in total.